The maximum absolute atomic E-state index is 6.47. The molecule has 3 heterocycles. The van der Waals surface area contributed by atoms with Gasteiger partial charge >= 0.3 is 0 Å². The van der Waals surface area contributed by atoms with Gasteiger partial charge in [0.25, 0.3) is 0 Å². The SMILES string of the molecule is Cn1nc(-c2ccccc2)c(CSc2cc(N)nc3[nH]nnc23)c1Cl. The number of nitrogens with two attached hydrogens (primary N) is 1. The first-order chi connectivity index (χ1) is 12.1. The van der Waals surface area contributed by atoms with E-state index in [1.807, 2.05) is 37.4 Å². The molecule has 1 aromatic carbocycles. The van der Waals surface area contributed by atoms with Crippen LogP contribution < -0.4 is 5.73 Å². The summed E-state index contributed by atoms with van der Waals surface area (Å²) >= 11 is 8.05. The average Bonchev–Trinajstić information content (AvgIpc) is 3.19. The van der Waals surface area contributed by atoms with Gasteiger partial charge < -0.3 is 5.73 Å². The van der Waals surface area contributed by atoms with Gasteiger partial charge in [0.2, 0.25) is 0 Å². The number of aryl methyl sites for hydroxylation is 1. The third-order valence-corrected chi connectivity index (χ3v) is 5.30. The van der Waals surface area contributed by atoms with E-state index >= 15 is 0 Å². The summed E-state index contributed by atoms with van der Waals surface area (Å²) in [6, 6.07) is 11.8. The number of aromatic nitrogens is 6. The van der Waals surface area contributed by atoms with Crippen molar-refractivity contribution in [3.8, 4) is 11.3 Å². The van der Waals surface area contributed by atoms with Crippen molar-refractivity contribution in [2.24, 2.45) is 7.05 Å². The standard InChI is InChI=1S/C16H14ClN7S/c1-24-15(17)10(13(22-24)9-5-3-2-4-6-9)8-25-11-7-12(18)19-16-14(11)20-23-21-16/h2-7H,8H2,1H3,(H3,18,19,20,21,23). The van der Waals surface area contributed by atoms with E-state index in [0.29, 0.717) is 27.9 Å². The predicted molar refractivity (Wildman–Crippen MR) is 99.3 cm³/mol. The zero-order valence-electron chi connectivity index (χ0n) is 13.3. The zero-order chi connectivity index (χ0) is 17.4. The third-order valence-electron chi connectivity index (χ3n) is 3.77. The third kappa shape index (κ3) is 2.94. The molecule has 25 heavy (non-hydrogen) atoms. The zero-order valence-corrected chi connectivity index (χ0v) is 14.8. The fourth-order valence-corrected chi connectivity index (χ4v) is 3.92. The Morgan fingerprint density at radius 2 is 2.08 bits per heavy atom. The van der Waals surface area contributed by atoms with Gasteiger partial charge in [-0.1, -0.05) is 47.1 Å². The molecule has 0 atom stereocenters. The van der Waals surface area contributed by atoms with Crippen molar-refractivity contribution in [3.05, 3.63) is 47.1 Å². The maximum Gasteiger partial charge on any atom is 0.179 e. The molecule has 4 aromatic rings. The number of anilines is 1. The minimum absolute atomic E-state index is 0.418. The normalized spacial score (nSPS) is 11.3. The van der Waals surface area contributed by atoms with Crippen LogP contribution in [0.15, 0.2) is 41.3 Å². The maximum atomic E-state index is 6.47. The number of aromatic amines is 1. The fourth-order valence-electron chi connectivity index (χ4n) is 2.59. The molecule has 3 aromatic heterocycles. The van der Waals surface area contributed by atoms with E-state index < -0.39 is 0 Å². The van der Waals surface area contributed by atoms with E-state index in [9.17, 15) is 0 Å². The lowest BCUT2D eigenvalue weighted by Gasteiger charge is -2.05. The quantitative estimate of drug-likeness (QED) is 0.534. The number of rotatable bonds is 4. The molecule has 0 fully saturated rings. The van der Waals surface area contributed by atoms with Crippen molar-refractivity contribution in [1.82, 2.24) is 30.2 Å². The van der Waals surface area contributed by atoms with Gasteiger partial charge in [-0.3, -0.25) is 4.68 Å². The van der Waals surface area contributed by atoms with Crippen molar-refractivity contribution in [3.63, 3.8) is 0 Å². The van der Waals surface area contributed by atoms with E-state index in [2.05, 4.69) is 25.5 Å². The summed E-state index contributed by atoms with van der Waals surface area (Å²) in [6.07, 6.45) is 0. The highest BCUT2D eigenvalue weighted by molar-refractivity contribution is 7.98. The largest absolute Gasteiger partial charge is 0.384 e. The molecule has 0 amide bonds. The Kier molecular flexibility index (Phi) is 4.06. The first-order valence-electron chi connectivity index (χ1n) is 7.50. The molecule has 3 N–H and O–H groups in total. The van der Waals surface area contributed by atoms with E-state index in [0.717, 1.165) is 21.7 Å². The van der Waals surface area contributed by atoms with Gasteiger partial charge in [-0.05, 0) is 6.07 Å². The Bertz CT molecular complexity index is 1040. The number of nitrogen functional groups attached to an aromatic ring is 1. The number of H-pyrrole nitrogens is 1. The first kappa shape index (κ1) is 15.9. The Morgan fingerprint density at radius 3 is 2.88 bits per heavy atom. The number of nitrogens with zero attached hydrogens (tertiary/aromatic N) is 5. The molecular weight excluding hydrogens is 358 g/mol. The monoisotopic (exact) mass is 371 g/mol. The molecule has 4 rings (SSSR count). The smallest absolute Gasteiger partial charge is 0.179 e. The van der Waals surface area contributed by atoms with Crippen LogP contribution in [0.2, 0.25) is 5.15 Å². The summed E-state index contributed by atoms with van der Waals surface area (Å²) in [5.74, 6) is 1.05. The summed E-state index contributed by atoms with van der Waals surface area (Å²) in [4.78, 5) is 5.08. The van der Waals surface area contributed by atoms with E-state index in [1.165, 1.54) is 0 Å². The lowest BCUT2D eigenvalue weighted by Crippen LogP contribution is -1.92. The molecule has 0 unspecified atom stereocenters. The average molecular weight is 372 g/mol. The summed E-state index contributed by atoms with van der Waals surface area (Å²) in [5, 5.41) is 15.8. The molecule has 0 saturated heterocycles. The topological polar surface area (TPSA) is 98.3 Å². The van der Waals surface area contributed by atoms with Gasteiger partial charge in [0.1, 0.15) is 16.5 Å². The van der Waals surface area contributed by atoms with Crippen molar-refractivity contribution in [1.29, 1.82) is 0 Å². The number of hydrogen-bond donors (Lipinski definition) is 2. The van der Waals surface area contributed by atoms with Crippen LogP contribution in [0.3, 0.4) is 0 Å². The first-order valence-corrected chi connectivity index (χ1v) is 8.86. The van der Waals surface area contributed by atoms with Gasteiger partial charge in [0, 0.05) is 28.8 Å². The highest BCUT2D eigenvalue weighted by Crippen LogP contribution is 2.35. The second kappa shape index (κ2) is 6.38. The van der Waals surface area contributed by atoms with Crippen LogP contribution >= 0.6 is 23.4 Å². The van der Waals surface area contributed by atoms with E-state index in [4.69, 9.17) is 17.3 Å². The molecule has 0 bridgehead atoms. The molecule has 0 radical (unpaired) electrons. The molecule has 0 spiro atoms. The van der Waals surface area contributed by atoms with Crippen LogP contribution in [0.25, 0.3) is 22.4 Å². The lowest BCUT2D eigenvalue weighted by atomic mass is 10.1. The Hall–Kier alpha value is -2.58. The van der Waals surface area contributed by atoms with Gasteiger partial charge in [0.05, 0.1) is 5.69 Å². The summed E-state index contributed by atoms with van der Waals surface area (Å²) in [7, 11) is 1.84. The minimum Gasteiger partial charge on any atom is -0.384 e. The van der Waals surface area contributed by atoms with Gasteiger partial charge in [-0.15, -0.1) is 16.9 Å². The van der Waals surface area contributed by atoms with Gasteiger partial charge in [-0.25, -0.2) is 10.1 Å². The number of fused-ring (bicyclic) bond motifs is 1. The second-order valence-electron chi connectivity index (χ2n) is 5.45. The van der Waals surface area contributed by atoms with Crippen LogP contribution in [0.5, 0.6) is 0 Å². The number of nitrogens with one attached hydrogen (secondary N) is 1. The number of hydrogen-bond acceptors (Lipinski definition) is 6. The molecule has 0 aliphatic carbocycles. The molecule has 9 heteroatoms. The highest BCUT2D eigenvalue weighted by Gasteiger charge is 2.17. The van der Waals surface area contributed by atoms with Crippen LogP contribution in [0.1, 0.15) is 5.56 Å². The van der Waals surface area contributed by atoms with E-state index in [-0.39, 0.29) is 0 Å². The molecule has 0 saturated carbocycles. The minimum atomic E-state index is 0.418. The summed E-state index contributed by atoms with van der Waals surface area (Å²) in [6.45, 7) is 0. The number of pyridine rings is 1. The number of benzene rings is 1. The highest BCUT2D eigenvalue weighted by atomic mass is 35.5. The van der Waals surface area contributed by atoms with Gasteiger partial charge in [-0.2, -0.15) is 5.10 Å². The Labute approximate surface area is 152 Å². The molecule has 126 valence electrons. The summed E-state index contributed by atoms with van der Waals surface area (Å²) < 4.78 is 1.69. The second-order valence-corrected chi connectivity index (χ2v) is 6.83. The number of halogens is 1. The van der Waals surface area contributed by atoms with Gasteiger partial charge in [0.15, 0.2) is 5.65 Å². The fraction of sp³-hybridized carbons (Fsp3) is 0.125. The van der Waals surface area contributed by atoms with Crippen LogP contribution in [-0.4, -0.2) is 30.2 Å². The molecule has 0 aliphatic rings. The predicted octanol–water partition coefficient (Wildman–Crippen LogP) is 3.28. The van der Waals surface area contributed by atoms with E-state index in [1.54, 1.807) is 22.5 Å². The van der Waals surface area contributed by atoms with Crippen molar-refractivity contribution >= 4 is 40.3 Å². The molecule has 0 aliphatic heterocycles. The van der Waals surface area contributed by atoms with Crippen molar-refractivity contribution in [2.75, 3.05) is 5.73 Å². The van der Waals surface area contributed by atoms with Crippen molar-refractivity contribution < 1.29 is 0 Å². The Morgan fingerprint density at radius 1 is 1.28 bits per heavy atom. The van der Waals surface area contributed by atoms with Crippen molar-refractivity contribution in [2.45, 2.75) is 10.6 Å². The molecular formula is C16H14ClN7S. The summed E-state index contributed by atoms with van der Waals surface area (Å²) in [5.41, 5.74) is 10.0. The number of thioether (sulfide) groups is 1. The van der Waals surface area contributed by atoms with Crippen LogP contribution in [0, 0.1) is 0 Å². The van der Waals surface area contributed by atoms with Crippen LogP contribution in [-0.2, 0) is 12.8 Å². The lowest BCUT2D eigenvalue weighted by molar-refractivity contribution is 0.771. The Balaban J connectivity index is 1.70. The molecule has 7 nitrogen and oxygen atoms in total. The van der Waals surface area contributed by atoms with Crippen LogP contribution in [0.4, 0.5) is 5.82 Å².